The van der Waals surface area contributed by atoms with Crippen molar-refractivity contribution >= 4 is 34.4 Å². The van der Waals surface area contributed by atoms with Gasteiger partial charge in [0, 0.05) is 19.2 Å². The quantitative estimate of drug-likeness (QED) is 0.123. The number of fused-ring (bicyclic) bond motifs is 1. The van der Waals surface area contributed by atoms with Crippen molar-refractivity contribution in [3.8, 4) is 11.1 Å². The zero-order valence-electron chi connectivity index (χ0n) is 25.9. The third-order valence-corrected chi connectivity index (χ3v) is 7.62. The molecule has 230 valence electrons. The number of aromatic nitrogens is 1. The number of hydrogen-bond donors (Lipinski definition) is 4. The van der Waals surface area contributed by atoms with Crippen molar-refractivity contribution in [1.29, 1.82) is 0 Å². The number of rotatable bonds is 14. The molecule has 1 aromatic heterocycles. The second-order valence-electron chi connectivity index (χ2n) is 11.8. The molecule has 44 heavy (non-hydrogen) atoms. The molecule has 1 heterocycles. The largest absolute Gasteiger partial charge is 0.481 e. The summed E-state index contributed by atoms with van der Waals surface area (Å²) >= 11 is 0. The van der Waals surface area contributed by atoms with E-state index in [1.807, 2.05) is 69.3 Å². The van der Waals surface area contributed by atoms with Gasteiger partial charge >= 0.3 is 5.97 Å². The smallest absolute Gasteiger partial charge is 0.305 e. The number of amides is 2. The molecule has 2 atom stereocenters. The van der Waals surface area contributed by atoms with Gasteiger partial charge in [-0.05, 0) is 83.3 Å². The van der Waals surface area contributed by atoms with Crippen LogP contribution in [0.2, 0.25) is 0 Å². The highest BCUT2D eigenvalue weighted by Gasteiger charge is 2.26. The fraction of sp³-hybridized carbons (Fsp3) is 0.333. The first-order valence-corrected chi connectivity index (χ1v) is 15.2. The topological polar surface area (TPSA) is 120 Å². The maximum atomic E-state index is 13.5. The number of carboxylic acid groups (broad SMARTS) is 1. The van der Waals surface area contributed by atoms with Crippen molar-refractivity contribution in [2.75, 3.05) is 11.9 Å². The van der Waals surface area contributed by atoms with Crippen LogP contribution in [0.1, 0.15) is 62.3 Å². The number of anilines is 1. The number of aliphatic carboxylic acids is 1. The van der Waals surface area contributed by atoms with E-state index in [2.05, 4.69) is 52.1 Å². The standard InChI is InChI=1S/C36H42N4O4/c1-23(2)20-32(39-34(41)10-7-18-37-33-21-24(3)17-19-38-33)36(44)40-31(22-35(42)43)27-14-12-26(13-15-27)29-16-11-25(4)28-8-5-6-9-30(28)29/h5-6,8-9,11-17,19,21,23,31-32H,7,10,18,20,22H2,1-4H3,(H,37,38)(H,39,41)(H,40,44)(H,42,43)/t31-,32-/m0/s1. The highest BCUT2D eigenvalue weighted by Crippen LogP contribution is 2.31. The first-order valence-electron chi connectivity index (χ1n) is 15.2. The monoisotopic (exact) mass is 594 g/mol. The van der Waals surface area contributed by atoms with E-state index in [9.17, 15) is 19.5 Å². The molecule has 2 amide bonds. The van der Waals surface area contributed by atoms with Crippen molar-refractivity contribution in [3.05, 3.63) is 95.7 Å². The molecule has 0 radical (unpaired) electrons. The van der Waals surface area contributed by atoms with Gasteiger partial charge in [-0.3, -0.25) is 14.4 Å². The Morgan fingerprint density at radius 1 is 0.886 bits per heavy atom. The molecule has 4 rings (SSSR count). The Morgan fingerprint density at radius 2 is 1.61 bits per heavy atom. The van der Waals surface area contributed by atoms with Crippen molar-refractivity contribution in [1.82, 2.24) is 15.6 Å². The normalized spacial score (nSPS) is 12.5. The Bertz CT molecular complexity index is 1600. The molecule has 0 bridgehead atoms. The number of aryl methyl sites for hydroxylation is 2. The van der Waals surface area contributed by atoms with E-state index in [1.165, 1.54) is 10.9 Å². The summed E-state index contributed by atoms with van der Waals surface area (Å²) in [6.07, 6.45) is 2.70. The van der Waals surface area contributed by atoms with Crippen LogP contribution in [-0.2, 0) is 14.4 Å². The Hall–Kier alpha value is -4.72. The van der Waals surface area contributed by atoms with E-state index in [0.29, 0.717) is 24.9 Å². The van der Waals surface area contributed by atoms with Gasteiger partial charge in [-0.1, -0.05) is 74.5 Å². The fourth-order valence-electron chi connectivity index (χ4n) is 5.36. The molecule has 8 heteroatoms. The molecular weight excluding hydrogens is 552 g/mol. The molecule has 0 unspecified atom stereocenters. The highest BCUT2D eigenvalue weighted by atomic mass is 16.4. The molecule has 4 N–H and O–H groups in total. The molecule has 0 aliphatic heterocycles. The van der Waals surface area contributed by atoms with Crippen LogP contribution in [0.25, 0.3) is 21.9 Å². The third-order valence-electron chi connectivity index (χ3n) is 7.62. The summed E-state index contributed by atoms with van der Waals surface area (Å²) in [6.45, 7) is 8.61. The summed E-state index contributed by atoms with van der Waals surface area (Å²) in [5.41, 5.74) is 5.07. The second kappa shape index (κ2) is 15.1. The van der Waals surface area contributed by atoms with Crippen molar-refractivity contribution in [3.63, 3.8) is 0 Å². The van der Waals surface area contributed by atoms with Gasteiger partial charge in [0.2, 0.25) is 11.8 Å². The Morgan fingerprint density at radius 3 is 2.30 bits per heavy atom. The number of carbonyl (C=O) groups excluding carboxylic acids is 2. The summed E-state index contributed by atoms with van der Waals surface area (Å²) in [5, 5.41) is 21.0. The minimum atomic E-state index is -1.02. The van der Waals surface area contributed by atoms with E-state index in [1.54, 1.807) is 6.20 Å². The van der Waals surface area contributed by atoms with Crippen LogP contribution < -0.4 is 16.0 Å². The maximum Gasteiger partial charge on any atom is 0.305 e. The van der Waals surface area contributed by atoms with Gasteiger partial charge in [0.1, 0.15) is 11.9 Å². The maximum absolute atomic E-state index is 13.5. The lowest BCUT2D eigenvalue weighted by Crippen LogP contribution is -2.48. The molecule has 0 saturated heterocycles. The molecule has 0 fully saturated rings. The zero-order valence-corrected chi connectivity index (χ0v) is 25.9. The predicted molar refractivity (Wildman–Crippen MR) is 175 cm³/mol. The van der Waals surface area contributed by atoms with Gasteiger partial charge in [-0.25, -0.2) is 4.98 Å². The molecule has 0 aliphatic carbocycles. The molecule has 8 nitrogen and oxygen atoms in total. The van der Waals surface area contributed by atoms with Crippen LogP contribution in [0.4, 0.5) is 5.82 Å². The van der Waals surface area contributed by atoms with Gasteiger partial charge in [0.25, 0.3) is 0 Å². The van der Waals surface area contributed by atoms with Crippen molar-refractivity contribution in [2.45, 2.75) is 65.5 Å². The highest BCUT2D eigenvalue weighted by molar-refractivity contribution is 5.98. The van der Waals surface area contributed by atoms with E-state index in [0.717, 1.165) is 27.9 Å². The summed E-state index contributed by atoms with van der Waals surface area (Å²) in [5.74, 6) is -0.749. The summed E-state index contributed by atoms with van der Waals surface area (Å²) in [4.78, 5) is 42.3. The average molecular weight is 595 g/mol. The first kappa shape index (κ1) is 32.2. The SMILES string of the molecule is Cc1ccnc(NCCCC(=O)N[C@@H](CC(C)C)C(=O)N[C@@H](CC(=O)O)c2ccc(-c3ccc(C)c4ccccc34)cc2)c1. The van der Waals surface area contributed by atoms with E-state index < -0.39 is 24.0 Å². The average Bonchev–Trinajstić information content (AvgIpc) is 2.99. The van der Waals surface area contributed by atoms with Crippen LogP contribution in [0.15, 0.2) is 79.0 Å². The van der Waals surface area contributed by atoms with Crippen LogP contribution >= 0.6 is 0 Å². The van der Waals surface area contributed by atoms with E-state index in [4.69, 9.17) is 0 Å². The molecule has 0 saturated carbocycles. The van der Waals surface area contributed by atoms with Gasteiger partial charge < -0.3 is 21.1 Å². The van der Waals surface area contributed by atoms with Gasteiger partial charge in [-0.15, -0.1) is 0 Å². The van der Waals surface area contributed by atoms with Crippen molar-refractivity contribution in [2.24, 2.45) is 5.92 Å². The number of nitrogens with one attached hydrogen (secondary N) is 3. The lowest BCUT2D eigenvalue weighted by molar-refractivity contribution is -0.138. The van der Waals surface area contributed by atoms with Gasteiger partial charge in [0.05, 0.1) is 12.5 Å². The Labute approximate surface area is 259 Å². The Balaban J connectivity index is 1.42. The van der Waals surface area contributed by atoms with Crippen LogP contribution in [0, 0.1) is 19.8 Å². The van der Waals surface area contributed by atoms with Crippen molar-refractivity contribution < 1.29 is 19.5 Å². The molecule has 3 aromatic carbocycles. The van der Waals surface area contributed by atoms with Crippen LogP contribution in [-0.4, -0.2) is 40.5 Å². The number of pyridine rings is 1. The molecular formula is C36H42N4O4. The first-order chi connectivity index (χ1) is 21.1. The number of carbonyl (C=O) groups is 3. The van der Waals surface area contributed by atoms with E-state index >= 15 is 0 Å². The molecule has 0 aliphatic rings. The second-order valence-corrected chi connectivity index (χ2v) is 11.8. The lowest BCUT2D eigenvalue weighted by atomic mass is 9.93. The Kier molecular flexibility index (Phi) is 11.1. The van der Waals surface area contributed by atoms with Gasteiger partial charge in [0.15, 0.2) is 0 Å². The molecule has 4 aromatic rings. The van der Waals surface area contributed by atoms with Gasteiger partial charge in [-0.2, -0.15) is 0 Å². The predicted octanol–water partition coefficient (Wildman–Crippen LogP) is 6.57. The summed E-state index contributed by atoms with van der Waals surface area (Å²) < 4.78 is 0. The third kappa shape index (κ3) is 8.89. The minimum absolute atomic E-state index is 0.140. The summed E-state index contributed by atoms with van der Waals surface area (Å²) in [7, 11) is 0. The van der Waals surface area contributed by atoms with Crippen LogP contribution in [0.3, 0.4) is 0 Å². The number of benzene rings is 3. The van der Waals surface area contributed by atoms with E-state index in [-0.39, 0.29) is 24.7 Å². The zero-order chi connectivity index (χ0) is 31.6. The lowest BCUT2D eigenvalue weighted by Gasteiger charge is -2.24. The van der Waals surface area contributed by atoms with Crippen LogP contribution in [0.5, 0.6) is 0 Å². The summed E-state index contributed by atoms with van der Waals surface area (Å²) in [6, 6.07) is 22.4. The molecule has 0 spiro atoms. The number of nitrogens with zero attached hydrogens (tertiary/aromatic N) is 1. The number of hydrogen-bond acceptors (Lipinski definition) is 5. The number of carboxylic acids is 1. The minimum Gasteiger partial charge on any atom is -0.481 e. The fourth-order valence-corrected chi connectivity index (χ4v) is 5.36.